The van der Waals surface area contributed by atoms with E-state index < -0.39 is 0 Å². The van der Waals surface area contributed by atoms with Crippen LogP contribution >= 0.6 is 0 Å². The molecule has 0 N–H and O–H groups in total. The molecule has 2 rings (SSSR count). The second kappa shape index (κ2) is 7.40. The van der Waals surface area contributed by atoms with Gasteiger partial charge in [-0.3, -0.25) is 4.79 Å². The lowest BCUT2D eigenvalue weighted by Crippen LogP contribution is -2.32. The summed E-state index contributed by atoms with van der Waals surface area (Å²) < 4.78 is 5.96. The Morgan fingerprint density at radius 1 is 1.43 bits per heavy atom. The topological polar surface area (TPSA) is 55.3 Å². The third kappa shape index (κ3) is 4.65. The number of hydrogen-bond donors (Lipinski definition) is 0. The zero-order chi connectivity index (χ0) is 16.9. The van der Waals surface area contributed by atoms with Crippen LogP contribution in [0.25, 0.3) is 0 Å². The Morgan fingerprint density at radius 3 is 2.87 bits per heavy atom. The number of carbonyl (C=O) groups is 1. The molecule has 5 nitrogen and oxygen atoms in total. The maximum Gasteiger partial charge on any atom is 0.274 e. The highest BCUT2D eigenvalue weighted by molar-refractivity contribution is 5.91. The van der Waals surface area contributed by atoms with Gasteiger partial charge in [0.2, 0.25) is 0 Å². The van der Waals surface area contributed by atoms with E-state index >= 15 is 0 Å². The van der Waals surface area contributed by atoms with Crippen LogP contribution in [0.5, 0.6) is 0 Å². The fourth-order valence-corrected chi connectivity index (χ4v) is 2.55. The molecular formula is C18H25N3O2. The number of amides is 1. The van der Waals surface area contributed by atoms with E-state index in [0.29, 0.717) is 24.8 Å². The number of nitrogens with zero attached hydrogens (tertiary/aromatic N) is 3. The van der Waals surface area contributed by atoms with E-state index in [1.807, 2.05) is 12.2 Å². The Kier molecular flexibility index (Phi) is 5.53. The number of allylic oxidation sites excluding steroid dienone is 4. The Bertz CT molecular complexity index is 588. The molecule has 23 heavy (non-hydrogen) atoms. The van der Waals surface area contributed by atoms with Crippen LogP contribution in [-0.4, -0.2) is 41.2 Å². The molecule has 0 spiro atoms. The van der Waals surface area contributed by atoms with Gasteiger partial charge in [0.1, 0.15) is 6.61 Å². The number of likely N-dealkylation sites (N-methyl/N-ethyl adjacent to an activating group) is 1. The summed E-state index contributed by atoms with van der Waals surface area (Å²) in [7, 11) is 1.75. The van der Waals surface area contributed by atoms with Gasteiger partial charge in [-0.1, -0.05) is 32.9 Å². The summed E-state index contributed by atoms with van der Waals surface area (Å²) in [5.41, 5.74) is 0.500. The summed E-state index contributed by atoms with van der Waals surface area (Å²) >= 11 is 0. The second-order valence-electron chi connectivity index (χ2n) is 6.84. The van der Waals surface area contributed by atoms with E-state index in [1.165, 1.54) is 0 Å². The van der Waals surface area contributed by atoms with Crippen molar-refractivity contribution >= 4 is 5.91 Å². The number of ether oxygens (including phenoxy) is 1. The van der Waals surface area contributed by atoms with Crippen LogP contribution in [0, 0.1) is 11.3 Å². The predicted molar refractivity (Wildman–Crippen MR) is 89.7 cm³/mol. The van der Waals surface area contributed by atoms with Gasteiger partial charge in [0.25, 0.3) is 5.91 Å². The van der Waals surface area contributed by atoms with E-state index in [4.69, 9.17) is 4.74 Å². The monoisotopic (exact) mass is 315 g/mol. The first kappa shape index (κ1) is 17.2. The SMILES string of the molecule is CN(CCOC1=CC=CCC1C(C)(C)C)C(=O)c1cccnn1. The molecule has 1 aliphatic rings. The number of aromatic nitrogens is 2. The molecule has 124 valence electrons. The highest BCUT2D eigenvalue weighted by Gasteiger charge is 2.29. The number of rotatable bonds is 5. The summed E-state index contributed by atoms with van der Waals surface area (Å²) in [5, 5.41) is 7.57. The van der Waals surface area contributed by atoms with Crippen molar-refractivity contribution in [2.24, 2.45) is 11.3 Å². The molecule has 1 aromatic heterocycles. The number of carbonyl (C=O) groups excluding carboxylic acids is 1. The van der Waals surface area contributed by atoms with Crippen molar-refractivity contribution in [3.63, 3.8) is 0 Å². The fraction of sp³-hybridized carbons (Fsp3) is 0.500. The van der Waals surface area contributed by atoms with E-state index in [1.54, 1.807) is 30.3 Å². The lowest BCUT2D eigenvalue weighted by Gasteiger charge is -2.33. The van der Waals surface area contributed by atoms with Crippen molar-refractivity contribution in [1.82, 2.24) is 15.1 Å². The molecule has 1 amide bonds. The summed E-state index contributed by atoms with van der Waals surface area (Å²) in [4.78, 5) is 13.8. The van der Waals surface area contributed by atoms with Gasteiger partial charge in [-0.05, 0) is 30.0 Å². The van der Waals surface area contributed by atoms with E-state index in [-0.39, 0.29) is 11.3 Å². The Balaban J connectivity index is 1.88. The lowest BCUT2D eigenvalue weighted by molar-refractivity contribution is 0.0704. The minimum atomic E-state index is -0.147. The minimum Gasteiger partial charge on any atom is -0.496 e. The van der Waals surface area contributed by atoms with Gasteiger partial charge in [0, 0.05) is 19.2 Å². The molecule has 0 radical (unpaired) electrons. The lowest BCUT2D eigenvalue weighted by atomic mass is 9.76. The predicted octanol–water partition coefficient (Wildman–Crippen LogP) is 3.07. The molecule has 1 aromatic rings. The van der Waals surface area contributed by atoms with Crippen LogP contribution in [0.15, 0.2) is 42.3 Å². The van der Waals surface area contributed by atoms with Crippen LogP contribution in [0.1, 0.15) is 37.7 Å². The van der Waals surface area contributed by atoms with Crippen molar-refractivity contribution in [3.8, 4) is 0 Å². The van der Waals surface area contributed by atoms with Crippen molar-refractivity contribution in [1.29, 1.82) is 0 Å². The maximum absolute atomic E-state index is 12.2. The third-order valence-electron chi connectivity index (χ3n) is 3.99. The summed E-state index contributed by atoms with van der Waals surface area (Å²) in [6, 6.07) is 3.37. The highest BCUT2D eigenvalue weighted by Crippen LogP contribution is 2.37. The zero-order valence-electron chi connectivity index (χ0n) is 14.3. The van der Waals surface area contributed by atoms with Crippen LogP contribution in [0.2, 0.25) is 0 Å². The molecule has 0 aliphatic heterocycles. The molecule has 0 bridgehead atoms. The standard InChI is InChI=1S/C18H25N3O2/c1-18(2,3)14-8-5-6-10-16(14)23-13-12-21(4)17(22)15-9-7-11-19-20-15/h5-7,9-11,14H,8,12-13H2,1-4H3. The quantitative estimate of drug-likeness (QED) is 0.838. The summed E-state index contributed by atoms with van der Waals surface area (Å²) in [5.74, 6) is 1.22. The fourth-order valence-electron chi connectivity index (χ4n) is 2.55. The Labute approximate surface area is 138 Å². The largest absolute Gasteiger partial charge is 0.496 e. The van der Waals surface area contributed by atoms with E-state index in [9.17, 15) is 4.79 Å². The van der Waals surface area contributed by atoms with Crippen molar-refractivity contribution < 1.29 is 9.53 Å². The van der Waals surface area contributed by atoms with Crippen LogP contribution in [0.3, 0.4) is 0 Å². The molecule has 0 fully saturated rings. The van der Waals surface area contributed by atoms with Gasteiger partial charge in [0.15, 0.2) is 5.69 Å². The smallest absolute Gasteiger partial charge is 0.274 e. The molecule has 1 unspecified atom stereocenters. The summed E-state index contributed by atoms with van der Waals surface area (Å²) in [6.07, 6.45) is 8.78. The second-order valence-corrected chi connectivity index (χ2v) is 6.84. The van der Waals surface area contributed by atoms with E-state index in [2.05, 4.69) is 37.0 Å². The molecule has 0 aromatic carbocycles. The first-order valence-electron chi connectivity index (χ1n) is 7.92. The Morgan fingerprint density at radius 2 is 2.22 bits per heavy atom. The molecule has 1 atom stereocenters. The number of hydrogen-bond acceptors (Lipinski definition) is 4. The molecule has 1 heterocycles. The summed E-state index contributed by atoms with van der Waals surface area (Å²) in [6.45, 7) is 7.63. The van der Waals surface area contributed by atoms with E-state index in [0.717, 1.165) is 12.2 Å². The van der Waals surface area contributed by atoms with Gasteiger partial charge >= 0.3 is 0 Å². The normalized spacial score (nSPS) is 17.6. The zero-order valence-corrected chi connectivity index (χ0v) is 14.3. The van der Waals surface area contributed by atoms with Crippen molar-refractivity contribution in [2.45, 2.75) is 27.2 Å². The average molecular weight is 315 g/mol. The van der Waals surface area contributed by atoms with Crippen LogP contribution in [0.4, 0.5) is 0 Å². The molecular weight excluding hydrogens is 290 g/mol. The Hall–Kier alpha value is -2.17. The highest BCUT2D eigenvalue weighted by atomic mass is 16.5. The van der Waals surface area contributed by atoms with Crippen molar-refractivity contribution in [2.75, 3.05) is 20.2 Å². The molecule has 0 saturated heterocycles. The average Bonchev–Trinajstić information content (AvgIpc) is 2.54. The van der Waals surface area contributed by atoms with Gasteiger partial charge in [-0.15, -0.1) is 5.10 Å². The first-order chi connectivity index (χ1) is 10.9. The van der Waals surface area contributed by atoms with Crippen LogP contribution < -0.4 is 0 Å². The van der Waals surface area contributed by atoms with Gasteiger partial charge in [-0.25, -0.2) is 0 Å². The van der Waals surface area contributed by atoms with Crippen molar-refractivity contribution in [3.05, 3.63) is 48.0 Å². The first-order valence-corrected chi connectivity index (χ1v) is 7.92. The van der Waals surface area contributed by atoms with Gasteiger partial charge < -0.3 is 9.64 Å². The van der Waals surface area contributed by atoms with Gasteiger partial charge in [-0.2, -0.15) is 5.10 Å². The third-order valence-corrected chi connectivity index (χ3v) is 3.99. The molecule has 0 saturated carbocycles. The molecule has 5 heteroatoms. The maximum atomic E-state index is 12.2. The molecule has 1 aliphatic carbocycles. The minimum absolute atomic E-state index is 0.147. The van der Waals surface area contributed by atoms with Crippen LogP contribution in [-0.2, 0) is 4.74 Å². The van der Waals surface area contributed by atoms with Gasteiger partial charge in [0.05, 0.1) is 12.3 Å².